The number of nitrogens with one attached hydrogen (secondary N) is 1. The number of likely N-dealkylation sites (tertiary alicyclic amines) is 2. The number of amidine groups is 1. The van der Waals surface area contributed by atoms with Crippen LogP contribution in [0.3, 0.4) is 0 Å². The normalized spacial score (nSPS) is 22.5. The summed E-state index contributed by atoms with van der Waals surface area (Å²) in [4.78, 5) is 11.8. The number of hydrogen-bond acceptors (Lipinski definition) is 4. The van der Waals surface area contributed by atoms with E-state index >= 15 is 0 Å². The second-order valence-electron chi connectivity index (χ2n) is 8.40. The first kappa shape index (κ1) is 22.1. The Morgan fingerprint density at radius 1 is 0.967 bits per heavy atom. The molecule has 3 fully saturated rings. The summed E-state index contributed by atoms with van der Waals surface area (Å²) in [5.74, 6) is 0.554. The Balaban J connectivity index is 1.35. The van der Waals surface area contributed by atoms with Crippen molar-refractivity contribution in [3.63, 3.8) is 0 Å². The summed E-state index contributed by atoms with van der Waals surface area (Å²) in [5, 5.41) is 9.01. The molecule has 0 radical (unpaired) electrons. The fourth-order valence-electron chi connectivity index (χ4n) is 4.59. The van der Waals surface area contributed by atoms with Crippen molar-refractivity contribution in [3.8, 4) is 0 Å². The van der Waals surface area contributed by atoms with Crippen LogP contribution >= 0.6 is 34.2 Å². The first-order valence-electron chi connectivity index (χ1n) is 11.2. The van der Waals surface area contributed by atoms with Gasteiger partial charge in [-0.2, -0.15) is 0 Å². The molecular formula is C23H31ClIN5. The third-order valence-electron chi connectivity index (χ3n) is 6.36. The van der Waals surface area contributed by atoms with Crippen LogP contribution in [0.25, 0.3) is 0 Å². The quantitative estimate of drug-likeness (QED) is 0.298. The van der Waals surface area contributed by atoms with Gasteiger partial charge in [0.2, 0.25) is 0 Å². The second kappa shape index (κ2) is 10.5. The molecule has 1 aromatic carbocycles. The summed E-state index contributed by atoms with van der Waals surface area (Å²) < 4.78 is 0.873. The lowest BCUT2D eigenvalue weighted by atomic mass is 10.2. The molecule has 0 amide bonds. The maximum absolute atomic E-state index is 8.55. The lowest BCUT2D eigenvalue weighted by Gasteiger charge is -2.20. The molecule has 0 saturated carbocycles. The van der Waals surface area contributed by atoms with Crippen molar-refractivity contribution < 1.29 is 0 Å². The molecule has 3 aliphatic rings. The van der Waals surface area contributed by atoms with Gasteiger partial charge in [0, 0.05) is 43.0 Å². The molecule has 1 N–H and O–H groups in total. The number of aliphatic imine (C=N–C) groups is 1. The number of benzene rings is 1. The number of nitrogens with zero attached hydrogens (tertiary/aromatic N) is 4. The zero-order valence-electron chi connectivity index (χ0n) is 17.5. The van der Waals surface area contributed by atoms with Crippen LogP contribution in [0.5, 0.6) is 0 Å². The highest BCUT2D eigenvalue weighted by Crippen LogP contribution is 2.27. The molecule has 162 valence electrons. The van der Waals surface area contributed by atoms with E-state index in [0.29, 0.717) is 11.0 Å². The van der Waals surface area contributed by atoms with Crippen molar-refractivity contribution in [2.24, 2.45) is 4.99 Å². The van der Waals surface area contributed by atoms with E-state index in [9.17, 15) is 0 Å². The van der Waals surface area contributed by atoms with Gasteiger partial charge >= 0.3 is 0 Å². The average molecular weight is 540 g/mol. The van der Waals surface area contributed by atoms with E-state index in [-0.39, 0.29) is 0 Å². The van der Waals surface area contributed by atoms with Gasteiger partial charge in [-0.3, -0.25) is 5.41 Å². The van der Waals surface area contributed by atoms with Gasteiger partial charge < -0.3 is 14.7 Å². The lowest BCUT2D eigenvalue weighted by molar-refractivity contribution is 0.312. The maximum Gasteiger partial charge on any atom is 0.137 e. The standard InChI is InChI=1S/C23H31ClIN5/c24-21(20-10-17-30(23(20)26)16-5-13-28-11-1-2-12-28)27-22(25)18-6-8-19(9-7-18)29-14-3-4-15-29/h6-9,26H,1-5,10-17H2/b21-20-,26-23?,27-22-. The Morgan fingerprint density at radius 2 is 1.63 bits per heavy atom. The minimum absolute atomic E-state index is 0.468. The molecule has 3 saturated heterocycles. The summed E-state index contributed by atoms with van der Waals surface area (Å²) in [6, 6.07) is 8.60. The molecule has 30 heavy (non-hydrogen) atoms. The maximum atomic E-state index is 8.55. The van der Waals surface area contributed by atoms with Crippen molar-refractivity contribution in [1.82, 2.24) is 9.80 Å². The molecule has 1 aromatic rings. The molecule has 3 heterocycles. The van der Waals surface area contributed by atoms with Gasteiger partial charge in [0.25, 0.3) is 0 Å². The fraction of sp³-hybridized carbons (Fsp3) is 0.565. The predicted molar refractivity (Wildman–Crippen MR) is 136 cm³/mol. The number of anilines is 1. The molecule has 0 aromatic heterocycles. The molecule has 0 atom stereocenters. The van der Waals surface area contributed by atoms with E-state index in [4.69, 9.17) is 17.0 Å². The van der Waals surface area contributed by atoms with Gasteiger partial charge in [-0.05, 0) is 92.9 Å². The summed E-state index contributed by atoms with van der Waals surface area (Å²) in [7, 11) is 0. The minimum Gasteiger partial charge on any atom is -0.372 e. The number of hydrogen-bond donors (Lipinski definition) is 1. The summed E-state index contributed by atoms with van der Waals surface area (Å²) in [5.41, 5.74) is 3.23. The SMILES string of the molecule is N=C1/C(=C(Cl)\N=C(/I)c2ccc(N3CCCC3)cc2)CCN1CCCN1CCCC1. The van der Waals surface area contributed by atoms with Crippen molar-refractivity contribution in [2.45, 2.75) is 38.5 Å². The third kappa shape index (κ3) is 5.37. The van der Waals surface area contributed by atoms with Crippen molar-refractivity contribution >= 4 is 49.4 Å². The molecule has 3 aliphatic heterocycles. The summed E-state index contributed by atoms with van der Waals surface area (Å²) >= 11 is 8.82. The lowest BCUT2D eigenvalue weighted by Crippen LogP contribution is -2.29. The van der Waals surface area contributed by atoms with E-state index in [0.717, 1.165) is 60.4 Å². The van der Waals surface area contributed by atoms with Gasteiger partial charge in [0.05, 0.1) is 0 Å². The largest absolute Gasteiger partial charge is 0.372 e. The third-order valence-corrected chi connectivity index (χ3v) is 7.53. The second-order valence-corrected chi connectivity index (χ2v) is 9.78. The summed E-state index contributed by atoms with van der Waals surface area (Å²) in [6.07, 6.45) is 7.15. The Morgan fingerprint density at radius 3 is 2.33 bits per heavy atom. The Hall–Kier alpha value is -1.12. The highest BCUT2D eigenvalue weighted by atomic mass is 127. The minimum atomic E-state index is 0.468. The van der Waals surface area contributed by atoms with Crippen molar-refractivity contribution in [2.75, 3.05) is 50.7 Å². The summed E-state index contributed by atoms with van der Waals surface area (Å²) in [6.45, 7) is 7.72. The molecule has 0 aliphatic carbocycles. The van der Waals surface area contributed by atoms with Crippen LogP contribution in [0.1, 0.15) is 44.1 Å². The topological polar surface area (TPSA) is 45.9 Å². The number of rotatable bonds is 7. The molecule has 7 heteroatoms. The smallest absolute Gasteiger partial charge is 0.137 e. The van der Waals surface area contributed by atoms with Crippen LogP contribution in [0.15, 0.2) is 40.0 Å². The van der Waals surface area contributed by atoms with Crippen molar-refractivity contribution in [3.05, 3.63) is 40.6 Å². The molecule has 4 rings (SSSR count). The van der Waals surface area contributed by atoms with Crippen LogP contribution in [0, 0.1) is 5.41 Å². The Labute approximate surface area is 198 Å². The van der Waals surface area contributed by atoms with Crippen LogP contribution in [-0.2, 0) is 0 Å². The first-order chi connectivity index (χ1) is 14.6. The van der Waals surface area contributed by atoms with Crippen LogP contribution in [-0.4, -0.2) is 65.2 Å². The zero-order chi connectivity index (χ0) is 20.9. The monoisotopic (exact) mass is 539 g/mol. The van der Waals surface area contributed by atoms with Crippen molar-refractivity contribution in [1.29, 1.82) is 5.41 Å². The van der Waals surface area contributed by atoms with Crippen LogP contribution < -0.4 is 4.90 Å². The van der Waals surface area contributed by atoms with Gasteiger partial charge in [0.1, 0.15) is 14.7 Å². The highest BCUT2D eigenvalue weighted by molar-refractivity contribution is 14.1. The highest BCUT2D eigenvalue weighted by Gasteiger charge is 2.25. The van der Waals surface area contributed by atoms with Gasteiger partial charge in [-0.25, -0.2) is 4.99 Å². The fourth-order valence-corrected chi connectivity index (χ4v) is 5.60. The van der Waals surface area contributed by atoms with E-state index < -0.39 is 0 Å². The zero-order valence-corrected chi connectivity index (χ0v) is 20.5. The molecule has 0 spiro atoms. The van der Waals surface area contributed by atoms with Gasteiger partial charge in [0.15, 0.2) is 0 Å². The van der Waals surface area contributed by atoms with Gasteiger partial charge in [-0.1, -0.05) is 23.7 Å². The first-order valence-corrected chi connectivity index (χ1v) is 12.6. The van der Waals surface area contributed by atoms with E-state index in [1.165, 1.54) is 44.5 Å². The predicted octanol–water partition coefficient (Wildman–Crippen LogP) is 5.09. The number of halogens is 2. The molecular weight excluding hydrogens is 509 g/mol. The van der Waals surface area contributed by atoms with E-state index in [2.05, 4.69) is 66.5 Å². The van der Waals surface area contributed by atoms with E-state index in [1.54, 1.807) is 0 Å². The molecule has 5 nitrogen and oxygen atoms in total. The van der Waals surface area contributed by atoms with Crippen LogP contribution in [0.2, 0.25) is 0 Å². The Bertz CT molecular complexity index is 807. The molecule has 0 bridgehead atoms. The van der Waals surface area contributed by atoms with E-state index in [1.807, 2.05) is 0 Å². The van der Waals surface area contributed by atoms with Gasteiger partial charge in [-0.15, -0.1) is 0 Å². The van der Waals surface area contributed by atoms with Crippen LogP contribution in [0.4, 0.5) is 5.69 Å². The molecule has 0 unspecified atom stereocenters. The average Bonchev–Trinajstić information content (AvgIpc) is 3.51. The Kier molecular flexibility index (Phi) is 7.70.